The van der Waals surface area contributed by atoms with Crippen molar-refractivity contribution in [3.63, 3.8) is 0 Å². The molecule has 2 nitrogen and oxygen atoms in total. The molecule has 5 heteroatoms. The molecule has 2 aromatic heterocycles. The molecule has 1 aliphatic carbocycles. The van der Waals surface area contributed by atoms with E-state index in [2.05, 4.69) is 154 Å². The molecule has 2 aliphatic heterocycles. The molecule has 246 valence electrons. The van der Waals surface area contributed by atoms with Crippen molar-refractivity contribution in [2.45, 2.75) is 42.9 Å². The SMILES string of the molecule is Cc1ccc2c(c1)B1c3cc(C)ccc3Sc3cc(-n4c5ccccc5c5c6c(c7sc8ccccc8c7c54)-c4ccccc4C6(C)C)cc(c31)O2. The number of ether oxygens (including phenoxy) is 1. The molecule has 7 aromatic carbocycles. The Balaban J connectivity index is 1.24. The highest BCUT2D eigenvalue weighted by Gasteiger charge is 2.42. The van der Waals surface area contributed by atoms with Gasteiger partial charge in [-0.25, -0.2) is 0 Å². The van der Waals surface area contributed by atoms with Crippen LogP contribution in [-0.4, -0.2) is 11.3 Å². The molecule has 3 aliphatic rings. The first-order valence-electron chi connectivity index (χ1n) is 18.1. The monoisotopic (exact) mass is 701 g/mol. The minimum absolute atomic E-state index is 0.132. The Kier molecular flexibility index (Phi) is 5.65. The summed E-state index contributed by atoms with van der Waals surface area (Å²) in [5.74, 6) is 1.91. The Labute approximate surface area is 310 Å². The third kappa shape index (κ3) is 3.63. The van der Waals surface area contributed by atoms with Gasteiger partial charge in [-0.15, -0.1) is 11.3 Å². The summed E-state index contributed by atoms with van der Waals surface area (Å²) in [5.41, 5.74) is 15.6. The second-order valence-electron chi connectivity index (χ2n) is 15.4. The van der Waals surface area contributed by atoms with E-state index < -0.39 is 0 Å². The van der Waals surface area contributed by atoms with E-state index in [1.54, 1.807) is 0 Å². The highest BCUT2D eigenvalue weighted by Crippen LogP contribution is 2.59. The zero-order valence-corrected chi connectivity index (χ0v) is 30.9. The Morgan fingerprint density at radius 2 is 1.42 bits per heavy atom. The van der Waals surface area contributed by atoms with Gasteiger partial charge in [-0.3, -0.25) is 0 Å². The van der Waals surface area contributed by atoms with Crippen molar-refractivity contribution in [3.05, 3.63) is 144 Å². The van der Waals surface area contributed by atoms with Crippen molar-refractivity contribution in [3.8, 4) is 28.3 Å². The normalized spacial score (nSPS) is 14.7. The standard InChI is InChI=1S/C47H32BNOS2/c1-25-17-19-35-32(21-25)48-33-22-26(2)18-20-38(33)51-39-24-27(23-36(50-35)44(39)48)49-34-15-9-6-12-29(34)40-43-41(28-11-5-8-14-31(28)47(43,3)4)46-42(45(40)49)30-13-7-10-16-37(30)52-46/h5-24H,1-4H3. The smallest absolute Gasteiger partial charge is 0.253 e. The van der Waals surface area contributed by atoms with Gasteiger partial charge in [-0.1, -0.05) is 127 Å². The molecule has 0 saturated heterocycles. The Hall–Kier alpha value is -5.23. The molecule has 0 atom stereocenters. The lowest BCUT2D eigenvalue weighted by atomic mass is 9.35. The lowest BCUT2D eigenvalue weighted by molar-refractivity contribution is 0.486. The maximum absolute atomic E-state index is 6.95. The van der Waals surface area contributed by atoms with Crippen LogP contribution in [0.5, 0.6) is 11.5 Å². The number of fused-ring (bicyclic) bond motifs is 16. The Morgan fingerprint density at radius 3 is 2.31 bits per heavy atom. The molecule has 4 heterocycles. The molecule has 0 N–H and O–H groups in total. The molecule has 0 amide bonds. The number of aryl methyl sites for hydroxylation is 2. The van der Waals surface area contributed by atoms with E-state index in [1.165, 1.54) is 102 Å². The number of hydrogen-bond donors (Lipinski definition) is 0. The van der Waals surface area contributed by atoms with Gasteiger partial charge in [0.2, 0.25) is 0 Å². The average molecular weight is 702 g/mol. The van der Waals surface area contributed by atoms with E-state index in [0.29, 0.717) is 0 Å². The molecule has 0 spiro atoms. The average Bonchev–Trinajstić information content (AvgIpc) is 3.77. The molecule has 0 fully saturated rings. The minimum Gasteiger partial charge on any atom is -0.458 e. The largest absolute Gasteiger partial charge is 0.458 e. The van der Waals surface area contributed by atoms with E-state index in [1.807, 2.05) is 23.1 Å². The van der Waals surface area contributed by atoms with Crippen LogP contribution in [0.1, 0.15) is 36.1 Å². The second kappa shape index (κ2) is 10.0. The Morgan fingerprint density at radius 1 is 0.673 bits per heavy atom. The van der Waals surface area contributed by atoms with Crippen LogP contribution >= 0.6 is 23.1 Å². The molecule has 0 bridgehead atoms. The van der Waals surface area contributed by atoms with Crippen LogP contribution in [-0.2, 0) is 5.41 Å². The summed E-state index contributed by atoms with van der Waals surface area (Å²) in [5, 5.41) is 5.33. The maximum atomic E-state index is 6.95. The lowest BCUT2D eigenvalue weighted by Crippen LogP contribution is -2.57. The van der Waals surface area contributed by atoms with Crippen LogP contribution in [0.25, 0.3) is 58.8 Å². The van der Waals surface area contributed by atoms with Gasteiger partial charge in [0.15, 0.2) is 0 Å². The molecule has 12 rings (SSSR count). The fourth-order valence-electron chi connectivity index (χ4n) is 9.81. The number of nitrogens with zero attached hydrogens (tertiary/aromatic N) is 1. The summed E-state index contributed by atoms with van der Waals surface area (Å²) in [6.45, 7) is 9.37. The van der Waals surface area contributed by atoms with Gasteiger partial charge in [-0.2, -0.15) is 0 Å². The van der Waals surface area contributed by atoms with Gasteiger partial charge in [-0.05, 0) is 71.8 Å². The molecular weight excluding hydrogens is 669 g/mol. The van der Waals surface area contributed by atoms with Crippen molar-refractivity contribution >= 4 is 88.2 Å². The summed E-state index contributed by atoms with van der Waals surface area (Å²) in [4.78, 5) is 2.60. The molecular formula is C47H32BNOS2. The topological polar surface area (TPSA) is 14.2 Å². The van der Waals surface area contributed by atoms with Gasteiger partial charge >= 0.3 is 0 Å². The molecule has 0 saturated carbocycles. The molecule has 52 heavy (non-hydrogen) atoms. The zero-order chi connectivity index (χ0) is 34.6. The Bertz CT molecular complexity index is 3020. The fraction of sp³-hybridized carbons (Fsp3) is 0.106. The summed E-state index contributed by atoms with van der Waals surface area (Å²) in [7, 11) is 0. The van der Waals surface area contributed by atoms with Crippen LogP contribution in [0, 0.1) is 13.8 Å². The summed E-state index contributed by atoms with van der Waals surface area (Å²) >= 11 is 3.83. The maximum Gasteiger partial charge on any atom is 0.253 e. The van der Waals surface area contributed by atoms with Crippen molar-refractivity contribution in [1.82, 2.24) is 4.57 Å². The molecule has 0 radical (unpaired) electrons. The quantitative estimate of drug-likeness (QED) is 0.158. The summed E-state index contributed by atoms with van der Waals surface area (Å²) in [6, 6.07) is 45.6. The van der Waals surface area contributed by atoms with Crippen molar-refractivity contribution in [2.24, 2.45) is 0 Å². The third-order valence-corrected chi connectivity index (χ3v) is 14.3. The first-order valence-corrected chi connectivity index (χ1v) is 19.8. The van der Waals surface area contributed by atoms with E-state index >= 15 is 0 Å². The van der Waals surface area contributed by atoms with Gasteiger partial charge in [0, 0.05) is 57.8 Å². The van der Waals surface area contributed by atoms with Crippen LogP contribution in [0.3, 0.4) is 0 Å². The van der Waals surface area contributed by atoms with Crippen LogP contribution in [0.4, 0.5) is 0 Å². The van der Waals surface area contributed by atoms with Crippen LogP contribution in [0.2, 0.25) is 0 Å². The first kappa shape index (κ1) is 29.4. The van der Waals surface area contributed by atoms with Gasteiger partial charge < -0.3 is 9.30 Å². The minimum atomic E-state index is -0.165. The number of benzene rings is 7. The highest BCUT2D eigenvalue weighted by molar-refractivity contribution is 8.00. The third-order valence-electron chi connectivity index (χ3n) is 12.0. The van der Waals surface area contributed by atoms with Crippen molar-refractivity contribution in [1.29, 1.82) is 0 Å². The van der Waals surface area contributed by atoms with E-state index in [9.17, 15) is 0 Å². The van der Waals surface area contributed by atoms with E-state index in [4.69, 9.17) is 4.74 Å². The number of para-hydroxylation sites is 1. The number of aromatic nitrogens is 1. The van der Waals surface area contributed by atoms with Gasteiger partial charge in [0.25, 0.3) is 6.71 Å². The highest BCUT2D eigenvalue weighted by atomic mass is 32.2. The van der Waals surface area contributed by atoms with Crippen molar-refractivity contribution < 1.29 is 4.74 Å². The predicted octanol–water partition coefficient (Wildman–Crippen LogP) is 11.2. The number of rotatable bonds is 1. The van der Waals surface area contributed by atoms with Crippen LogP contribution < -0.4 is 21.1 Å². The van der Waals surface area contributed by atoms with E-state index in [-0.39, 0.29) is 12.1 Å². The fourth-order valence-corrected chi connectivity index (χ4v) is 12.3. The molecule has 0 unspecified atom stereocenters. The summed E-state index contributed by atoms with van der Waals surface area (Å²) in [6.07, 6.45) is 0. The zero-order valence-electron chi connectivity index (χ0n) is 29.3. The number of hydrogen-bond acceptors (Lipinski definition) is 3. The second-order valence-corrected chi connectivity index (χ2v) is 17.5. The van der Waals surface area contributed by atoms with Crippen LogP contribution in [0.15, 0.2) is 131 Å². The lowest BCUT2D eigenvalue weighted by Gasteiger charge is -2.34. The van der Waals surface area contributed by atoms with Crippen molar-refractivity contribution in [2.75, 3.05) is 0 Å². The first-order chi connectivity index (χ1) is 25.4. The predicted molar refractivity (Wildman–Crippen MR) is 222 cm³/mol. The van der Waals surface area contributed by atoms with E-state index in [0.717, 1.165) is 17.2 Å². The number of thiophene rings is 1. The van der Waals surface area contributed by atoms with Gasteiger partial charge in [0.05, 0.1) is 16.7 Å². The van der Waals surface area contributed by atoms with Gasteiger partial charge in [0.1, 0.15) is 11.5 Å². The molecule has 9 aromatic rings. The summed E-state index contributed by atoms with van der Waals surface area (Å²) < 4.78 is 12.2.